The third-order valence-electron chi connectivity index (χ3n) is 4.88. The smallest absolute Gasteiger partial charge is 0.338 e. The number of methoxy groups -OCH3 is 1. The fourth-order valence-electron chi connectivity index (χ4n) is 3.31. The van der Waals surface area contributed by atoms with Gasteiger partial charge in [0.25, 0.3) is 0 Å². The monoisotopic (exact) mass is 478 g/mol. The van der Waals surface area contributed by atoms with Crippen LogP contribution in [-0.4, -0.2) is 42.5 Å². The number of allylic oxidation sites excluding steroid dienone is 1. The molecule has 0 aromatic heterocycles. The van der Waals surface area contributed by atoms with Gasteiger partial charge in [0.1, 0.15) is 12.4 Å². The number of esters is 1. The van der Waals surface area contributed by atoms with Crippen LogP contribution in [0, 0.1) is 5.82 Å². The number of aromatic carboxylic acids is 1. The van der Waals surface area contributed by atoms with Crippen LogP contribution in [0.5, 0.6) is 0 Å². The first-order valence-electron chi connectivity index (χ1n) is 9.50. The maximum absolute atomic E-state index is 13.7. The van der Waals surface area contributed by atoms with Crippen LogP contribution in [0.4, 0.5) is 10.1 Å². The minimum Gasteiger partial charge on any atom is -0.478 e. The molecule has 2 aromatic carbocycles. The van der Waals surface area contributed by atoms with Crippen molar-refractivity contribution in [2.24, 2.45) is 0 Å². The molecule has 10 heteroatoms. The number of hydrogen-bond acceptors (Lipinski definition) is 5. The third-order valence-corrected chi connectivity index (χ3v) is 5.47. The van der Waals surface area contributed by atoms with E-state index < -0.39 is 23.8 Å². The summed E-state index contributed by atoms with van der Waals surface area (Å²) in [4.78, 5) is 25.8. The zero-order valence-electron chi connectivity index (χ0n) is 17.2. The maximum atomic E-state index is 13.7. The van der Waals surface area contributed by atoms with E-state index in [4.69, 9.17) is 38.4 Å². The molecule has 2 N–H and O–H groups in total. The zero-order valence-corrected chi connectivity index (χ0v) is 18.8. The van der Waals surface area contributed by atoms with Crippen molar-refractivity contribution in [2.45, 2.75) is 13.0 Å². The number of rotatable bonds is 7. The van der Waals surface area contributed by atoms with Crippen molar-refractivity contribution in [3.05, 3.63) is 75.7 Å². The summed E-state index contributed by atoms with van der Waals surface area (Å²) in [7, 11) is 1.49. The molecule has 0 aliphatic carbocycles. The lowest BCUT2D eigenvalue weighted by molar-refractivity contribution is -0.140. The highest BCUT2D eigenvalue weighted by Gasteiger charge is 2.35. The molecule has 1 atom stereocenters. The number of thiocarbonyl (C=S) groups is 1. The first-order valence-corrected chi connectivity index (χ1v) is 10.3. The Balaban J connectivity index is 2.07. The van der Waals surface area contributed by atoms with E-state index in [1.165, 1.54) is 37.4 Å². The fourth-order valence-corrected chi connectivity index (χ4v) is 3.84. The van der Waals surface area contributed by atoms with Crippen LogP contribution in [0.3, 0.4) is 0 Å². The summed E-state index contributed by atoms with van der Waals surface area (Å²) in [5.41, 5.74) is 1.92. The van der Waals surface area contributed by atoms with Gasteiger partial charge >= 0.3 is 11.9 Å². The highest BCUT2D eigenvalue weighted by Crippen LogP contribution is 2.35. The molecule has 2 aromatic rings. The molecule has 0 saturated carbocycles. The molecule has 0 fully saturated rings. The average molecular weight is 479 g/mol. The molecule has 0 saturated heterocycles. The van der Waals surface area contributed by atoms with E-state index in [1.54, 1.807) is 24.0 Å². The summed E-state index contributed by atoms with van der Waals surface area (Å²) in [5, 5.41) is 12.4. The molecule has 0 bridgehead atoms. The van der Waals surface area contributed by atoms with Gasteiger partial charge in [0.15, 0.2) is 5.11 Å². The lowest BCUT2D eigenvalue weighted by atomic mass is 9.94. The minimum absolute atomic E-state index is 0.0452. The molecule has 3 rings (SSSR count). The standard InChI is InChI=1S/C22H20ClFN2O5S/c1-12-18(21(29)31-10-9-30-2)19(13-3-5-14(6-4-13)20(27)28)25-22(32)26(12)15-7-8-17(24)16(23)11-15/h3-8,11,19H,9-10H2,1-2H3,(H,25,32)(H,27,28). The Hall–Kier alpha value is -3.01. The molecule has 0 spiro atoms. The number of nitrogens with zero attached hydrogens (tertiary/aromatic N) is 1. The highest BCUT2D eigenvalue weighted by atomic mass is 35.5. The number of benzene rings is 2. The number of halogens is 2. The summed E-state index contributed by atoms with van der Waals surface area (Å²) in [6.07, 6.45) is 0. The molecule has 1 aliphatic heterocycles. The number of carbonyl (C=O) groups excluding carboxylic acids is 1. The lowest BCUT2D eigenvalue weighted by Crippen LogP contribution is -2.48. The van der Waals surface area contributed by atoms with Crippen molar-refractivity contribution < 1.29 is 28.6 Å². The molecule has 1 aliphatic rings. The first-order chi connectivity index (χ1) is 15.2. The van der Waals surface area contributed by atoms with Crippen LogP contribution >= 0.6 is 23.8 Å². The van der Waals surface area contributed by atoms with Crippen molar-refractivity contribution in [2.75, 3.05) is 25.2 Å². The van der Waals surface area contributed by atoms with E-state index in [-0.39, 0.29) is 34.5 Å². The predicted octanol–water partition coefficient (Wildman–Crippen LogP) is 4.08. The Kier molecular flexibility index (Phi) is 7.44. The van der Waals surface area contributed by atoms with Crippen molar-refractivity contribution in [3.63, 3.8) is 0 Å². The third kappa shape index (κ3) is 4.90. The van der Waals surface area contributed by atoms with Gasteiger partial charge in [0.05, 0.1) is 28.8 Å². The molecular weight excluding hydrogens is 459 g/mol. The largest absolute Gasteiger partial charge is 0.478 e. The second-order valence-corrected chi connectivity index (χ2v) is 7.67. The Morgan fingerprint density at radius 2 is 1.91 bits per heavy atom. The SMILES string of the molecule is COCCOC(=O)C1=C(C)N(c2ccc(F)c(Cl)c2)C(=S)NC1c1ccc(C(=O)O)cc1. The number of hydrogen-bond donors (Lipinski definition) is 2. The average Bonchev–Trinajstić information content (AvgIpc) is 2.76. The predicted molar refractivity (Wildman–Crippen MR) is 121 cm³/mol. The van der Waals surface area contributed by atoms with E-state index in [2.05, 4.69) is 5.32 Å². The molecule has 0 amide bonds. The van der Waals surface area contributed by atoms with Crippen LogP contribution < -0.4 is 10.2 Å². The topological polar surface area (TPSA) is 88.1 Å². The summed E-state index contributed by atoms with van der Waals surface area (Å²) >= 11 is 11.5. The first kappa shape index (κ1) is 23.6. The molecule has 7 nitrogen and oxygen atoms in total. The van der Waals surface area contributed by atoms with E-state index in [0.29, 0.717) is 16.9 Å². The summed E-state index contributed by atoms with van der Waals surface area (Å²) < 4.78 is 24.0. The Morgan fingerprint density at radius 1 is 1.22 bits per heavy atom. The number of carbonyl (C=O) groups is 2. The lowest BCUT2D eigenvalue weighted by Gasteiger charge is -2.37. The fraction of sp³-hybridized carbons (Fsp3) is 0.227. The van der Waals surface area contributed by atoms with Gasteiger partial charge in [-0.3, -0.25) is 4.90 Å². The highest BCUT2D eigenvalue weighted by molar-refractivity contribution is 7.80. The van der Waals surface area contributed by atoms with E-state index in [9.17, 15) is 14.0 Å². The minimum atomic E-state index is -1.06. The maximum Gasteiger partial charge on any atom is 0.338 e. The van der Waals surface area contributed by atoms with Crippen LogP contribution in [0.2, 0.25) is 5.02 Å². The van der Waals surface area contributed by atoms with Crippen LogP contribution in [0.1, 0.15) is 28.9 Å². The number of carboxylic acid groups (broad SMARTS) is 1. The van der Waals surface area contributed by atoms with Crippen molar-refractivity contribution in [1.82, 2.24) is 5.32 Å². The Morgan fingerprint density at radius 3 is 2.50 bits per heavy atom. The summed E-state index contributed by atoms with van der Waals surface area (Å²) in [6, 6.07) is 9.51. The van der Waals surface area contributed by atoms with Gasteiger partial charge in [-0.1, -0.05) is 23.7 Å². The number of carboxylic acids is 1. The molecule has 0 radical (unpaired) electrons. The van der Waals surface area contributed by atoms with Crippen LogP contribution in [0.15, 0.2) is 53.7 Å². The second kappa shape index (κ2) is 10.1. The summed E-state index contributed by atoms with van der Waals surface area (Å²) in [5.74, 6) is -2.24. The van der Waals surface area contributed by atoms with Crippen LogP contribution in [-0.2, 0) is 14.3 Å². The van der Waals surface area contributed by atoms with E-state index in [0.717, 1.165) is 0 Å². The molecule has 1 heterocycles. The van der Waals surface area contributed by atoms with Gasteiger partial charge in [-0.25, -0.2) is 14.0 Å². The van der Waals surface area contributed by atoms with Gasteiger partial charge in [-0.15, -0.1) is 0 Å². The molecule has 1 unspecified atom stereocenters. The number of nitrogens with one attached hydrogen (secondary N) is 1. The summed E-state index contributed by atoms with van der Waals surface area (Å²) in [6.45, 7) is 1.96. The quantitative estimate of drug-likeness (QED) is 0.350. The normalized spacial score (nSPS) is 16.1. The Bertz CT molecular complexity index is 1090. The molecule has 32 heavy (non-hydrogen) atoms. The second-order valence-electron chi connectivity index (χ2n) is 6.87. The van der Waals surface area contributed by atoms with E-state index >= 15 is 0 Å². The van der Waals surface area contributed by atoms with Gasteiger partial charge < -0.3 is 19.9 Å². The van der Waals surface area contributed by atoms with Crippen molar-refractivity contribution in [3.8, 4) is 0 Å². The zero-order chi connectivity index (χ0) is 23.4. The van der Waals surface area contributed by atoms with Gasteiger partial charge in [0.2, 0.25) is 0 Å². The van der Waals surface area contributed by atoms with Gasteiger partial charge in [0, 0.05) is 18.5 Å². The van der Waals surface area contributed by atoms with E-state index in [1.807, 2.05) is 0 Å². The molecular formula is C22H20ClFN2O5S. The van der Waals surface area contributed by atoms with Crippen molar-refractivity contribution in [1.29, 1.82) is 0 Å². The molecule has 168 valence electrons. The van der Waals surface area contributed by atoms with Crippen LogP contribution in [0.25, 0.3) is 0 Å². The number of anilines is 1. The van der Waals surface area contributed by atoms with Gasteiger partial charge in [-0.2, -0.15) is 0 Å². The van der Waals surface area contributed by atoms with Crippen molar-refractivity contribution >= 4 is 46.6 Å². The number of ether oxygens (including phenoxy) is 2. The van der Waals surface area contributed by atoms with Gasteiger partial charge in [-0.05, 0) is 55.0 Å². The Labute approximate surface area is 194 Å².